The Morgan fingerprint density at radius 2 is 2.00 bits per heavy atom. The highest BCUT2D eigenvalue weighted by molar-refractivity contribution is 5.07. The van der Waals surface area contributed by atoms with E-state index < -0.39 is 0 Å². The van der Waals surface area contributed by atoms with Crippen LogP contribution in [0.25, 0.3) is 0 Å². The SMILES string of the molecule is CC(C)[C@H]1CC(C)[C@]2(C)OC2C1. The van der Waals surface area contributed by atoms with Crippen molar-refractivity contribution >= 4 is 0 Å². The third kappa shape index (κ3) is 1.10. The summed E-state index contributed by atoms with van der Waals surface area (Å²) in [5, 5.41) is 0. The van der Waals surface area contributed by atoms with Crippen LogP contribution in [-0.2, 0) is 4.74 Å². The first-order chi connectivity index (χ1) is 5.54. The topological polar surface area (TPSA) is 12.5 Å². The van der Waals surface area contributed by atoms with Gasteiger partial charge in [0.2, 0.25) is 0 Å². The molecule has 1 nitrogen and oxygen atoms in total. The van der Waals surface area contributed by atoms with Gasteiger partial charge in [-0.15, -0.1) is 0 Å². The minimum absolute atomic E-state index is 0.269. The van der Waals surface area contributed by atoms with Crippen LogP contribution in [0.3, 0.4) is 0 Å². The maximum Gasteiger partial charge on any atom is 0.0945 e. The van der Waals surface area contributed by atoms with Crippen LogP contribution >= 0.6 is 0 Å². The van der Waals surface area contributed by atoms with Crippen molar-refractivity contribution in [2.45, 2.75) is 52.2 Å². The molecule has 0 aromatic carbocycles. The summed E-state index contributed by atoms with van der Waals surface area (Å²) in [5.74, 6) is 2.51. The van der Waals surface area contributed by atoms with E-state index in [2.05, 4.69) is 27.7 Å². The standard InChI is InChI=1S/C11H20O/c1-7(2)9-5-8(3)11(4)10(6-9)12-11/h7-10H,5-6H2,1-4H3/t8?,9-,10?,11-/m0/s1. The van der Waals surface area contributed by atoms with Crippen LogP contribution in [0.2, 0.25) is 0 Å². The molecule has 12 heavy (non-hydrogen) atoms. The van der Waals surface area contributed by atoms with Crippen LogP contribution in [0.1, 0.15) is 40.5 Å². The molecular formula is C11H20O. The molecule has 1 heterocycles. The summed E-state index contributed by atoms with van der Waals surface area (Å²) in [4.78, 5) is 0. The van der Waals surface area contributed by atoms with Crippen molar-refractivity contribution in [2.75, 3.05) is 0 Å². The number of hydrogen-bond acceptors (Lipinski definition) is 1. The zero-order chi connectivity index (χ0) is 8.93. The van der Waals surface area contributed by atoms with Gasteiger partial charge in [-0.3, -0.25) is 0 Å². The second-order valence-electron chi connectivity index (χ2n) is 5.17. The number of ether oxygens (including phenoxy) is 1. The first-order valence-electron chi connectivity index (χ1n) is 5.22. The Hall–Kier alpha value is -0.0400. The molecule has 2 aliphatic rings. The minimum Gasteiger partial charge on any atom is -0.366 e. The smallest absolute Gasteiger partial charge is 0.0945 e. The van der Waals surface area contributed by atoms with Gasteiger partial charge in [0.15, 0.2) is 0 Å². The van der Waals surface area contributed by atoms with Crippen LogP contribution in [0, 0.1) is 17.8 Å². The molecule has 0 aromatic rings. The van der Waals surface area contributed by atoms with Crippen molar-refractivity contribution in [2.24, 2.45) is 17.8 Å². The second kappa shape index (κ2) is 2.47. The van der Waals surface area contributed by atoms with Crippen LogP contribution in [-0.4, -0.2) is 11.7 Å². The summed E-state index contributed by atoms with van der Waals surface area (Å²) in [6.07, 6.45) is 3.26. The van der Waals surface area contributed by atoms with Crippen molar-refractivity contribution in [3.05, 3.63) is 0 Å². The van der Waals surface area contributed by atoms with Gasteiger partial charge in [0.25, 0.3) is 0 Å². The molecule has 70 valence electrons. The first kappa shape index (κ1) is 8.55. The fourth-order valence-corrected chi connectivity index (χ4v) is 2.59. The molecule has 1 aliphatic heterocycles. The number of hydrogen-bond donors (Lipinski definition) is 0. The lowest BCUT2D eigenvalue weighted by molar-refractivity contribution is 0.199. The lowest BCUT2D eigenvalue weighted by Crippen LogP contribution is -2.31. The van der Waals surface area contributed by atoms with Crippen LogP contribution in [0.15, 0.2) is 0 Å². The zero-order valence-electron chi connectivity index (χ0n) is 8.63. The van der Waals surface area contributed by atoms with E-state index >= 15 is 0 Å². The maximum absolute atomic E-state index is 5.76. The van der Waals surface area contributed by atoms with E-state index in [-0.39, 0.29) is 5.60 Å². The Kier molecular flexibility index (Phi) is 1.76. The van der Waals surface area contributed by atoms with Gasteiger partial charge in [-0.2, -0.15) is 0 Å². The molecule has 1 aliphatic carbocycles. The summed E-state index contributed by atoms with van der Waals surface area (Å²) in [5.41, 5.74) is 0.269. The Morgan fingerprint density at radius 1 is 1.33 bits per heavy atom. The number of fused-ring (bicyclic) bond motifs is 1. The highest BCUT2D eigenvalue weighted by atomic mass is 16.6. The van der Waals surface area contributed by atoms with Crippen molar-refractivity contribution in [1.82, 2.24) is 0 Å². The number of rotatable bonds is 1. The van der Waals surface area contributed by atoms with Crippen molar-refractivity contribution < 1.29 is 4.74 Å². The van der Waals surface area contributed by atoms with Gasteiger partial charge in [-0.1, -0.05) is 20.8 Å². The molecule has 2 unspecified atom stereocenters. The third-order valence-corrected chi connectivity index (χ3v) is 4.07. The molecule has 0 spiro atoms. The first-order valence-corrected chi connectivity index (χ1v) is 5.22. The molecule has 4 atom stereocenters. The predicted molar refractivity (Wildman–Crippen MR) is 50.0 cm³/mol. The van der Waals surface area contributed by atoms with Gasteiger partial charge in [0, 0.05) is 0 Å². The molecule has 0 bridgehead atoms. The van der Waals surface area contributed by atoms with Gasteiger partial charge in [-0.25, -0.2) is 0 Å². The molecule has 1 saturated heterocycles. The summed E-state index contributed by atoms with van der Waals surface area (Å²) < 4.78 is 5.76. The van der Waals surface area contributed by atoms with Gasteiger partial charge < -0.3 is 4.74 Å². The van der Waals surface area contributed by atoms with Gasteiger partial charge in [-0.05, 0) is 37.5 Å². The Bertz CT molecular complexity index is 187. The second-order valence-corrected chi connectivity index (χ2v) is 5.17. The largest absolute Gasteiger partial charge is 0.366 e. The Morgan fingerprint density at radius 3 is 2.50 bits per heavy atom. The molecule has 1 heteroatoms. The third-order valence-electron chi connectivity index (χ3n) is 4.07. The lowest BCUT2D eigenvalue weighted by atomic mass is 9.72. The van der Waals surface area contributed by atoms with E-state index in [0.717, 1.165) is 17.8 Å². The summed E-state index contributed by atoms with van der Waals surface area (Å²) in [6.45, 7) is 9.29. The molecule has 0 radical (unpaired) electrons. The van der Waals surface area contributed by atoms with Crippen molar-refractivity contribution in [3.8, 4) is 0 Å². The lowest BCUT2D eigenvalue weighted by Gasteiger charge is -2.30. The zero-order valence-corrected chi connectivity index (χ0v) is 8.63. The highest BCUT2D eigenvalue weighted by Gasteiger charge is 2.59. The van der Waals surface area contributed by atoms with E-state index in [1.54, 1.807) is 0 Å². The molecule has 2 fully saturated rings. The summed E-state index contributed by atoms with van der Waals surface area (Å²) >= 11 is 0. The van der Waals surface area contributed by atoms with Crippen LogP contribution < -0.4 is 0 Å². The fraction of sp³-hybridized carbons (Fsp3) is 1.00. The summed E-state index contributed by atoms with van der Waals surface area (Å²) in [6, 6.07) is 0. The Balaban J connectivity index is 2.02. The van der Waals surface area contributed by atoms with E-state index in [1.807, 2.05) is 0 Å². The monoisotopic (exact) mass is 168 g/mol. The molecule has 0 aromatic heterocycles. The predicted octanol–water partition coefficient (Wildman–Crippen LogP) is 2.85. The van der Waals surface area contributed by atoms with E-state index in [4.69, 9.17) is 4.74 Å². The molecular weight excluding hydrogens is 148 g/mol. The van der Waals surface area contributed by atoms with Crippen molar-refractivity contribution in [1.29, 1.82) is 0 Å². The molecule has 1 saturated carbocycles. The normalized spacial score (nSPS) is 52.2. The Labute approximate surface area is 75.5 Å². The quantitative estimate of drug-likeness (QED) is 0.548. The molecule has 0 N–H and O–H groups in total. The van der Waals surface area contributed by atoms with E-state index in [0.29, 0.717) is 6.10 Å². The van der Waals surface area contributed by atoms with Gasteiger partial charge in [0.05, 0.1) is 11.7 Å². The minimum atomic E-state index is 0.269. The molecule has 2 rings (SSSR count). The molecule has 0 amide bonds. The maximum atomic E-state index is 5.76. The average Bonchev–Trinajstić information content (AvgIpc) is 2.62. The van der Waals surface area contributed by atoms with Crippen molar-refractivity contribution in [3.63, 3.8) is 0 Å². The van der Waals surface area contributed by atoms with Crippen LogP contribution in [0.4, 0.5) is 0 Å². The van der Waals surface area contributed by atoms with E-state index in [9.17, 15) is 0 Å². The highest BCUT2D eigenvalue weighted by Crippen LogP contribution is 2.53. The van der Waals surface area contributed by atoms with Crippen LogP contribution in [0.5, 0.6) is 0 Å². The number of epoxide rings is 1. The summed E-state index contributed by atoms with van der Waals surface area (Å²) in [7, 11) is 0. The fourth-order valence-electron chi connectivity index (χ4n) is 2.59. The van der Waals surface area contributed by atoms with Gasteiger partial charge in [0.1, 0.15) is 0 Å². The van der Waals surface area contributed by atoms with Gasteiger partial charge >= 0.3 is 0 Å². The average molecular weight is 168 g/mol. The van der Waals surface area contributed by atoms with E-state index in [1.165, 1.54) is 12.8 Å².